The predicted molar refractivity (Wildman–Crippen MR) is 113 cm³/mol. The lowest BCUT2D eigenvalue weighted by Gasteiger charge is -2.34. The van der Waals surface area contributed by atoms with Crippen molar-refractivity contribution in [2.24, 2.45) is 0 Å². The standard InChI is InChI=1S/C24H27FN2O3/c1-24(2,3)30-23(29)27-10-8-16(9-11-27)19-12-17-14-26-22(28)21(17)13-20(19)15-4-6-18(25)7-5-15/h4-7,12-13,16H,8-11,14H2,1-3H3,(H,26,28). The monoisotopic (exact) mass is 410 g/mol. The summed E-state index contributed by atoms with van der Waals surface area (Å²) < 4.78 is 19.0. The van der Waals surface area contributed by atoms with Gasteiger partial charge in [-0.3, -0.25) is 4.79 Å². The number of likely N-dealkylation sites (tertiary alicyclic amines) is 1. The second-order valence-electron chi connectivity index (χ2n) is 9.03. The van der Waals surface area contributed by atoms with Crippen LogP contribution in [-0.4, -0.2) is 35.6 Å². The van der Waals surface area contributed by atoms with Gasteiger partial charge < -0.3 is 15.0 Å². The molecule has 1 N–H and O–H groups in total. The van der Waals surface area contributed by atoms with Crippen LogP contribution >= 0.6 is 0 Å². The van der Waals surface area contributed by atoms with Crippen LogP contribution in [0, 0.1) is 5.82 Å². The van der Waals surface area contributed by atoms with Crippen molar-refractivity contribution in [3.63, 3.8) is 0 Å². The summed E-state index contributed by atoms with van der Waals surface area (Å²) in [6.45, 7) is 7.38. The summed E-state index contributed by atoms with van der Waals surface area (Å²) in [4.78, 5) is 26.3. The number of ether oxygens (including phenoxy) is 1. The van der Waals surface area contributed by atoms with E-state index >= 15 is 0 Å². The molecule has 6 heteroatoms. The third kappa shape index (κ3) is 4.18. The van der Waals surface area contributed by atoms with Gasteiger partial charge in [0.05, 0.1) is 0 Å². The molecule has 0 unspecified atom stereocenters. The van der Waals surface area contributed by atoms with Crippen molar-refractivity contribution in [1.29, 1.82) is 0 Å². The number of fused-ring (bicyclic) bond motifs is 1. The number of hydrogen-bond acceptors (Lipinski definition) is 3. The number of benzene rings is 2. The molecule has 2 aromatic carbocycles. The van der Waals surface area contributed by atoms with Crippen LogP contribution in [0.5, 0.6) is 0 Å². The SMILES string of the molecule is CC(C)(C)OC(=O)N1CCC(c2cc3c(cc2-c2ccc(F)cc2)C(=O)NC3)CC1. The molecule has 0 aliphatic carbocycles. The zero-order valence-electron chi connectivity index (χ0n) is 17.6. The first-order valence-electron chi connectivity index (χ1n) is 10.4. The Morgan fingerprint density at radius 3 is 2.40 bits per heavy atom. The minimum atomic E-state index is -0.511. The third-order valence-electron chi connectivity index (χ3n) is 5.70. The van der Waals surface area contributed by atoms with E-state index in [0.29, 0.717) is 25.2 Å². The molecular weight excluding hydrogens is 383 g/mol. The molecular formula is C24H27FN2O3. The fraction of sp³-hybridized carbons (Fsp3) is 0.417. The van der Waals surface area contributed by atoms with Gasteiger partial charge in [0.25, 0.3) is 5.91 Å². The number of carbonyl (C=O) groups excluding carboxylic acids is 2. The zero-order valence-corrected chi connectivity index (χ0v) is 17.6. The summed E-state index contributed by atoms with van der Waals surface area (Å²) in [5.41, 5.74) is 4.17. The Kier molecular flexibility index (Phi) is 5.26. The smallest absolute Gasteiger partial charge is 0.410 e. The van der Waals surface area contributed by atoms with Crippen molar-refractivity contribution >= 4 is 12.0 Å². The predicted octanol–water partition coefficient (Wildman–Crippen LogP) is 4.85. The summed E-state index contributed by atoms with van der Waals surface area (Å²) in [6.07, 6.45) is 1.35. The maximum absolute atomic E-state index is 13.5. The van der Waals surface area contributed by atoms with Crippen LogP contribution < -0.4 is 5.32 Å². The molecule has 2 heterocycles. The lowest BCUT2D eigenvalue weighted by molar-refractivity contribution is 0.0205. The first kappa shape index (κ1) is 20.4. The lowest BCUT2D eigenvalue weighted by Crippen LogP contribution is -2.41. The molecule has 158 valence electrons. The van der Waals surface area contributed by atoms with E-state index in [1.54, 1.807) is 17.0 Å². The van der Waals surface area contributed by atoms with Crippen LogP contribution in [0.25, 0.3) is 11.1 Å². The van der Waals surface area contributed by atoms with Crippen molar-refractivity contribution in [1.82, 2.24) is 10.2 Å². The molecule has 5 nitrogen and oxygen atoms in total. The average Bonchev–Trinajstić information content (AvgIpc) is 3.06. The molecule has 0 radical (unpaired) electrons. The first-order valence-corrected chi connectivity index (χ1v) is 10.4. The first-order chi connectivity index (χ1) is 14.2. The summed E-state index contributed by atoms with van der Waals surface area (Å²) in [5, 5.41) is 2.88. The Morgan fingerprint density at radius 2 is 1.77 bits per heavy atom. The molecule has 0 aromatic heterocycles. The molecule has 30 heavy (non-hydrogen) atoms. The normalized spacial score (nSPS) is 16.9. The Labute approximate surface area is 176 Å². The highest BCUT2D eigenvalue weighted by atomic mass is 19.1. The van der Waals surface area contributed by atoms with Crippen LogP contribution in [0.3, 0.4) is 0 Å². The topological polar surface area (TPSA) is 58.6 Å². The Bertz CT molecular complexity index is 971. The molecule has 0 spiro atoms. The highest BCUT2D eigenvalue weighted by Gasteiger charge is 2.30. The van der Waals surface area contributed by atoms with Gasteiger partial charge in [0.15, 0.2) is 0 Å². The Balaban J connectivity index is 1.61. The highest BCUT2D eigenvalue weighted by Crippen LogP contribution is 2.38. The van der Waals surface area contributed by atoms with Crippen molar-refractivity contribution < 1.29 is 18.7 Å². The number of piperidine rings is 1. The van der Waals surface area contributed by atoms with Crippen molar-refractivity contribution in [3.8, 4) is 11.1 Å². The minimum absolute atomic E-state index is 0.0698. The molecule has 2 amide bonds. The third-order valence-corrected chi connectivity index (χ3v) is 5.70. The number of carbonyl (C=O) groups is 2. The van der Waals surface area contributed by atoms with E-state index in [-0.39, 0.29) is 23.7 Å². The largest absolute Gasteiger partial charge is 0.444 e. The van der Waals surface area contributed by atoms with Gasteiger partial charge in [0.1, 0.15) is 11.4 Å². The molecule has 4 rings (SSSR count). The number of amides is 2. The zero-order chi connectivity index (χ0) is 21.5. The van der Waals surface area contributed by atoms with E-state index < -0.39 is 5.60 Å². The van der Waals surface area contributed by atoms with E-state index in [0.717, 1.165) is 35.1 Å². The van der Waals surface area contributed by atoms with E-state index in [4.69, 9.17) is 4.74 Å². The summed E-state index contributed by atoms with van der Waals surface area (Å²) in [6, 6.07) is 10.4. The van der Waals surface area contributed by atoms with Gasteiger partial charge in [-0.2, -0.15) is 0 Å². The number of hydrogen-bond donors (Lipinski definition) is 1. The van der Waals surface area contributed by atoms with E-state index in [2.05, 4.69) is 11.4 Å². The molecule has 1 saturated heterocycles. The molecule has 2 aliphatic rings. The molecule has 0 atom stereocenters. The fourth-order valence-corrected chi connectivity index (χ4v) is 4.21. The molecule has 2 aromatic rings. The number of nitrogens with zero attached hydrogens (tertiary/aromatic N) is 1. The quantitative estimate of drug-likeness (QED) is 0.770. The number of halogens is 1. The van der Waals surface area contributed by atoms with E-state index in [1.807, 2.05) is 26.8 Å². The van der Waals surface area contributed by atoms with E-state index in [1.165, 1.54) is 12.1 Å². The van der Waals surface area contributed by atoms with Crippen molar-refractivity contribution in [2.75, 3.05) is 13.1 Å². The minimum Gasteiger partial charge on any atom is -0.444 e. The maximum Gasteiger partial charge on any atom is 0.410 e. The lowest BCUT2D eigenvalue weighted by atomic mass is 9.82. The van der Waals surface area contributed by atoms with Crippen LogP contribution in [0.15, 0.2) is 36.4 Å². The summed E-state index contributed by atoms with van der Waals surface area (Å²) in [7, 11) is 0. The Morgan fingerprint density at radius 1 is 1.10 bits per heavy atom. The van der Waals surface area contributed by atoms with Gasteiger partial charge in [-0.1, -0.05) is 18.2 Å². The van der Waals surface area contributed by atoms with Gasteiger partial charge in [-0.15, -0.1) is 0 Å². The molecule has 0 bridgehead atoms. The second kappa shape index (κ2) is 7.74. The van der Waals surface area contributed by atoms with Crippen LogP contribution in [0.2, 0.25) is 0 Å². The maximum atomic E-state index is 13.5. The van der Waals surface area contributed by atoms with Crippen LogP contribution in [0.4, 0.5) is 9.18 Å². The number of rotatable bonds is 2. The molecule has 0 saturated carbocycles. The van der Waals surface area contributed by atoms with Crippen LogP contribution in [0.1, 0.15) is 61.0 Å². The molecule has 1 fully saturated rings. The summed E-state index contributed by atoms with van der Waals surface area (Å²) in [5.74, 6) is -0.103. The van der Waals surface area contributed by atoms with Crippen molar-refractivity contribution in [3.05, 3.63) is 58.9 Å². The number of nitrogens with one attached hydrogen (secondary N) is 1. The fourth-order valence-electron chi connectivity index (χ4n) is 4.21. The van der Waals surface area contributed by atoms with E-state index in [9.17, 15) is 14.0 Å². The van der Waals surface area contributed by atoms with Gasteiger partial charge in [0, 0.05) is 25.2 Å². The Hall–Kier alpha value is -2.89. The molecule has 2 aliphatic heterocycles. The van der Waals surface area contributed by atoms with Crippen molar-refractivity contribution in [2.45, 2.75) is 51.7 Å². The highest BCUT2D eigenvalue weighted by molar-refractivity contribution is 6.00. The van der Waals surface area contributed by atoms with Gasteiger partial charge >= 0.3 is 6.09 Å². The second-order valence-corrected chi connectivity index (χ2v) is 9.03. The summed E-state index contributed by atoms with van der Waals surface area (Å²) >= 11 is 0. The van der Waals surface area contributed by atoms with Gasteiger partial charge in [-0.05, 0) is 80.0 Å². The average molecular weight is 410 g/mol. The van der Waals surface area contributed by atoms with Crippen LogP contribution in [-0.2, 0) is 11.3 Å². The van der Waals surface area contributed by atoms with Gasteiger partial charge in [-0.25, -0.2) is 9.18 Å². The van der Waals surface area contributed by atoms with Gasteiger partial charge in [0.2, 0.25) is 0 Å².